The number of esters is 4. The molecule has 0 spiro atoms. The number of allylic oxidation sites excluding steroid dienone is 1. The summed E-state index contributed by atoms with van der Waals surface area (Å²) in [5, 5.41) is 0. The number of halogens is 6. The van der Waals surface area contributed by atoms with Crippen LogP contribution in [-0.4, -0.2) is 49.8 Å². The Kier molecular flexibility index (Phi) is 13.8. The van der Waals surface area contributed by atoms with Crippen molar-refractivity contribution in [2.45, 2.75) is 63.7 Å². The minimum Gasteiger partial charge on any atom is -0.428 e. The Morgan fingerprint density at radius 2 is 1.09 bits per heavy atom. The van der Waals surface area contributed by atoms with Gasteiger partial charge < -0.3 is 18.9 Å². The molecule has 0 rings (SSSR count). The molecule has 0 saturated heterocycles. The van der Waals surface area contributed by atoms with Crippen molar-refractivity contribution in [3.63, 3.8) is 0 Å². The molecule has 0 aliphatic rings. The summed E-state index contributed by atoms with van der Waals surface area (Å²) in [6.45, 7) is -2.25. The third-order valence-electron chi connectivity index (χ3n) is 3.52. The van der Waals surface area contributed by atoms with Gasteiger partial charge in [-0.1, -0.05) is 31.8 Å². The lowest BCUT2D eigenvalue weighted by atomic mass is 10.1. The number of rotatable bonds is 14. The number of ether oxygens (including phenoxy) is 4. The van der Waals surface area contributed by atoms with Crippen LogP contribution in [0.4, 0.5) is 26.3 Å². The maximum Gasteiger partial charge on any atom is 0.491 e. The molecule has 14 heteroatoms. The van der Waals surface area contributed by atoms with Crippen LogP contribution in [0.1, 0.15) is 51.4 Å². The van der Waals surface area contributed by atoms with Crippen molar-refractivity contribution in [3.05, 3.63) is 12.2 Å². The number of carbonyl (C=O) groups is 4. The second kappa shape index (κ2) is 15.1. The molecular weight excluding hydrogens is 458 g/mol. The first kappa shape index (κ1) is 29.2. The Hall–Kier alpha value is -2.80. The highest BCUT2D eigenvalue weighted by molar-refractivity contribution is 5.82. The maximum atomic E-state index is 11.8. The monoisotopic (exact) mass is 480 g/mol. The first-order chi connectivity index (χ1) is 14.8. The van der Waals surface area contributed by atoms with Crippen LogP contribution in [0.2, 0.25) is 0 Å². The van der Waals surface area contributed by atoms with E-state index >= 15 is 0 Å². The molecule has 8 nitrogen and oxygen atoms in total. The fourth-order valence-electron chi connectivity index (χ4n) is 1.99. The molecule has 0 aromatic heterocycles. The van der Waals surface area contributed by atoms with Gasteiger partial charge in [0.1, 0.15) is 0 Å². The van der Waals surface area contributed by atoms with E-state index in [0.717, 1.165) is 25.3 Å². The summed E-state index contributed by atoms with van der Waals surface area (Å²) in [5.41, 5.74) is 0. The molecule has 184 valence electrons. The molecule has 0 aromatic carbocycles. The van der Waals surface area contributed by atoms with E-state index in [1.54, 1.807) is 0 Å². The summed E-state index contributed by atoms with van der Waals surface area (Å²) >= 11 is 0. The highest BCUT2D eigenvalue weighted by Gasteiger charge is 2.41. The highest BCUT2D eigenvalue weighted by Crippen LogP contribution is 2.17. The zero-order valence-corrected chi connectivity index (χ0v) is 16.8. The first-order valence-corrected chi connectivity index (χ1v) is 9.31. The quantitative estimate of drug-likeness (QED) is 0.121. The molecule has 0 aliphatic heterocycles. The minimum absolute atomic E-state index is 0.0350. The zero-order chi connectivity index (χ0) is 24.6. The van der Waals surface area contributed by atoms with Crippen molar-refractivity contribution < 1.29 is 64.5 Å². The lowest BCUT2D eigenvalue weighted by Crippen LogP contribution is -2.26. The lowest BCUT2D eigenvalue weighted by molar-refractivity contribution is -0.210. The van der Waals surface area contributed by atoms with E-state index < -0.39 is 49.8 Å². The van der Waals surface area contributed by atoms with Crippen molar-refractivity contribution in [2.75, 3.05) is 13.6 Å². The van der Waals surface area contributed by atoms with Crippen LogP contribution in [0.25, 0.3) is 0 Å². The van der Waals surface area contributed by atoms with Crippen molar-refractivity contribution >= 4 is 23.9 Å². The van der Waals surface area contributed by atoms with E-state index in [1.807, 2.05) is 0 Å². The van der Waals surface area contributed by atoms with Gasteiger partial charge in [0.05, 0.1) is 0 Å². The second-order valence-corrected chi connectivity index (χ2v) is 6.14. The number of carbonyl (C=O) groups excluding carboxylic acids is 4. The fraction of sp³-hybridized carbons (Fsp3) is 0.667. The number of hydrogen-bond donors (Lipinski definition) is 0. The van der Waals surface area contributed by atoms with Crippen molar-refractivity contribution in [3.8, 4) is 0 Å². The molecule has 0 radical (unpaired) electrons. The fourth-order valence-corrected chi connectivity index (χ4v) is 1.99. The maximum absolute atomic E-state index is 11.8. The summed E-state index contributed by atoms with van der Waals surface area (Å²) < 4.78 is 87.1. The van der Waals surface area contributed by atoms with E-state index in [-0.39, 0.29) is 6.42 Å². The van der Waals surface area contributed by atoms with E-state index in [4.69, 9.17) is 0 Å². The van der Waals surface area contributed by atoms with Crippen LogP contribution >= 0.6 is 0 Å². The Balaban J connectivity index is 3.58. The number of alkyl halides is 6. The SMILES string of the molecule is O=C(C=CCCCCCCCCC(=O)OCOC(=O)C(F)(F)F)OCOC(=O)C(F)(F)F. The van der Waals surface area contributed by atoms with E-state index in [2.05, 4.69) is 18.9 Å². The predicted molar refractivity (Wildman–Crippen MR) is 92.3 cm³/mol. The topological polar surface area (TPSA) is 105 Å². The van der Waals surface area contributed by atoms with Gasteiger partial charge in [-0.25, -0.2) is 14.4 Å². The number of hydrogen-bond acceptors (Lipinski definition) is 8. The normalized spacial score (nSPS) is 11.8. The summed E-state index contributed by atoms with van der Waals surface area (Å²) in [7, 11) is 0. The molecule has 0 unspecified atom stereocenters. The molecule has 0 N–H and O–H groups in total. The molecule has 0 fully saturated rings. The number of unbranched alkanes of at least 4 members (excludes halogenated alkanes) is 6. The molecule has 0 amide bonds. The van der Waals surface area contributed by atoms with Crippen LogP contribution in [-0.2, 0) is 38.1 Å². The molecule has 0 saturated carbocycles. The van der Waals surface area contributed by atoms with Crippen LogP contribution in [0.5, 0.6) is 0 Å². The first-order valence-electron chi connectivity index (χ1n) is 9.31. The zero-order valence-electron chi connectivity index (χ0n) is 16.8. The average molecular weight is 480 g/mol. The van der Waals surface area contributed by atoms with Gasteiger partial charge in [0.15, 0.2) is 0 Å². The van der Waals surface area contributed by atoms with Gasteiger partial charge in [-0.05, 0) is 19.3 Å². The minimum atomic E-state index is -5.16. The second-order valence-electron chi connectivity index (χ2n) is 6.14. The molecule has 0 bridgehead atoms. The highest BCUT2D eigenvalue weighted by atomic mass is 19.4. The van der Waals surface area contributed by atoms with E-state index in [9.17, 15) is 45.5 Å². The lowest BCUT2D eigenvalue weighted by Gasteiger charge is -2.07. The van der Waals surface area contributed by atoms with Gasteiger partial charge >= 0.3 is 36.2 Å². The Labute approximate surface area is 178 Å². The van der Waals surface area contributed by atoms with Gasteiger partial charge in [-0.2, -0.15) is 26.3 Å². The summed E-state index contributed by atoms with van der Waals surface area (Å²) in [5.74, 6) is -6.65. The smallest absolute Gasteiger partial charge is 0.428 e. The van der Waals surface area contributed by atoms with Gasteiger partial charge in [0.2, 0.25) is 13.6 Å². The summed E-state index contributed by atoms with van der Waals surface area (Å²) in [4.78, 5) is 43.2. The Bertz CT molecular complexity index is 642. The van der Waals surface area contributed by atoms with E-state index in [1.165, 1.54) is 6.08 Å². The van der Waals surface area contributed by atoms with Gasteiger partial charge in [-0.3, -0.25) is 4.79 Å². The third kappa shape index (κ3) is 16.0. The van der Waals surface area contributed by atoms with Gasteiger partial charge in [0, 0.05) is 12.5 Å². The van der Waals surface area contributed by atoms with Crippen LogP contribution in [0.15, 0.2) is 12.2 Å². The standard InChI is InChI=1S/C18H22F6O8/c19-17(20,21)15(27)31-11-29-13(25)9-7-5-3-1-2-4-6-8-10-14(26)30-12-32-16(28)18(22,23)24/h7,9H,1-6,8,10-12H2. The molecule has 0 heterocycles. The van der Waals surface area contributed by atoms with Gasteiger partial charge in [-0.15, -0.1) is 0 Å². The summed E-state index contributed by atoms with van der Waals surface area (Å²) in [6, 6.07) is 0. The average Bonchev–Trinajstić information content (AvgIpc) is 2.67. The van der Waals surface area contributed by atoms with Crippen LogP contribution in [0.3, 0.4) is 0 Å². The van der Waals surface area contributed by atoms with Gasteiger partial charge in [0.25, 0.3) is 0 Å². The molecule has 0 atom stereocenters. The van der Waals surface area contributed by atoms with Crippen molar-refractivity contribution in [2.24, 2.45) is 0 Å². The summed E-state index contributed by atoms with van der Waals surface area (Å²) in [6.07, 6.45) is -3.21. The van der Waals surface area contributed by atoms with Crippen LogP contribution in [0, 0.1) is 0 Å². The predicted octanol–water partition coefficient (Wildman–Crippen LogP) is 3.88. The van der Waals surface area contributed by atoms with Crippen molar-refractivity contribution in [1.29, 1.82) is 0 Å². The molecular formula is C18H22F6O8. The Morgan fingerprint density at radius 1 is 0.625 bits per heavy atom. The molecule has 0 aromatic rings. The third-order valence-corrected chi connectivity index (χ3v) is 3.52. The molecule has 0 aliphatic carbocycles. The largest absolute Gasteiger partial charge is 0.491 e. The van der Waals surface area contributed by atoms with Crippen molar-refractivity contribution in [1.82, 2.24) is 0 Å². The van der Waals surface area contributed by atoms with Crippen LogP contribution < -0.4 is 0 Å². The van der Waals surface area contributed by atoms with E-state index in [0.29, 0.717) is 25.7 Å². The molecule has 32 heavy (non-hydrogen) atoms. The Morgan fingerprint density at radius 3 is 1.62 bits per heavy atom.